The second-order valence-electron chi connectivity index (χ2n) is 4.42. The Morgan fingerprint density at radius 1 is 1.50 bits per heavy atom. The summed E-state index contributed by atoms with van der Waals surface area (Å²) in [5, 5.41) is -0.249. The van der Waals surface area contributed by atoms with Gasteiger partial charge in [0.2, 0.25) is 5.88 Å². The van der Waals surface area contributed by atoms with Crippen molar-refractivity contribution in [2.45, 2.75) is 25.3 Å². The first kappa shape index (κ1) is 15.2. The monoisotopic (exact) mass is 316 g/mol. The normalized spacial score (nSPS) is 14.4. The fourth-order valence-electron chi connectivity index (χ4n) is 2.03. The molecule has 8 heteroatoms. The van der Waals surface area contributed by atoms with E-state index in [1.165, 1.54) is 6.33 Å². The van der Waals surface area contributed by atoms with E-state index in [2.05, 4.69) is 15.0 Å². The van der Waals surface area contributed by atoms with Crippen molar-refractivity contribution in [1.29, 1.82) is 0 Å². The summed E-state index contributed by atoms with van der Waals surface area (Å²) in [6, 6.07) is 0. The van der Waals surface area contributed by atoms with Crippen LogP contribution in [-0.2, 0) is 17.3 Å². The second-order valence-corrected chi connectivity index (χ2v) is 6.63. The Balaban J connectivity index is 2.43. The lowest BCUT2D eigenvalue weighted by Crippen LogP contribution is -2.08. The number of aryl methyl sites for hydroxylation is 1. The molecule has 2 atom stereocenters. The molecule has 0 radical (unpaired) electrons. The van der Waals surface area contributed by atoms with E-state index in [1.54, 1.807) is 13.4 Å². The molecule has 0 N–H and O–H groups in total. The lowest BCUT2D eigenvalue weighted by molar-refractivity contribution is 0.401. The van der Waals surface area contributed by atoms with Gasteiger partial charge in [0.15, 0.2) is 11.2 Å². The first-order valence-electron chi connectivity index (χ1n) is 6.23. The third kappa shape index (κ3) is 3.09. The van der Waals surface area contributed by atoms with E-state index < -0.39 is 10.8 Å². The molecule has 0 spiro atoms. The standard InChI is InChI=1S/C12H17ClN4O2S/c1-8(13)10-16-9-11(14-7-15-12(9)19-2)17(10)5-4-6-20(3)18/h7-8H,4-6H2,1-3H3. The molecule has 2 rings (SSSR count). The van der Waals surface area contributed by atoms with E-state index in [0.717, 1.165) is 12.2 Å². The third-order valence-corrected chi connectivity index (χ3v) is 3.95. The molecule has 0 saturated heterocycles. The van der Waals surface area contributed by atoms with Crippen LogP contribution in [0.15, 0.2) is 6.33 Å². The van der Waals surface area contributed by atoms with Crippen molar-refractivity contribution in [1.82, 2.24) is 19.5 Å². The minimum atomic E-state index is -0.808. The Morgan fingerprint density at radius 3 is 2.85 bits per heavy atom. The minimum absolute atomic E-state index is 0.249. The number of methoxy groups -OCH3 is 1. The van der Waals surface area contributed by atoms with Crippen LogP contribution in [0.4, 0.5) is 0 Å². The molecular formula is C12H17ClN4O2S. The van der Waals surface area contributed by atoms with E-state index in [0.29, 0.717) is 29.3 Å². The van der Waals surface area contributed by atoms with Crippen molar-refractivity contribution in [2.75, 3.05) is 19.1 Å². The lowest BCUT2D eigenvalue weighted by Gasteiger charge is -2.09. The number of nitrogens with zero attached hydrogens (tertiary/aromatic N) is 4. The van der Waals surface area contributed by atoms with E-state index in [4.69, 9.17) is 16.3 Å². The van der Waals surface area contributed by atoms with Gasteiger partial charge in [-0.3, -0.25) is 4.21 Å². The van der Waals surface area contributed by atoms with E-state index in [1.807, 2.05) is 11.5 Å². The maximum absolute atomic E-state index is 11.2. The van der Waals surface area contributed by atoms with Gasteiger partial charge in [-0.25, -0.2) is 9.97 Å². The van der Waals surface area contributed by atoms with Gasteiger partial charge in [-0.2, -0.15) is 4.98 Å². The highest BCUT2D eigenvalue weighted by atomic mass is 35.5. The number of ether oxygens (including phenoxy) is 1. The van der Waals surface area contributed by atoms with Crippen LogP contribution in [0.5, 0.6) is 5.88 Å². The number of fused-ring (bicyclic) bond motifs is 1. The molecular weight excluding hydrogens is 300 g/mol. The summed E-state index contributed by atoms with van der Waals surface area (Å²) in [5.41, 5.74) is 1.30. The summed E-state index contributed by atoms with van der Waals surface area (Å²) >= 11 is 6.18. The SMILES string of the molecule is COc1ncnc2c1nc(C(C)Cl)n2CCCS(C)=O. The maximum atomic E-state index is 11.2. The van der Waals surface area contributed by atoms with Crippen LogP contribution < -0.4 is 4.74 Å². The van der Waals surface area contributed by atoms with Crippen molar-refractivity contribution < 1.29 is 8.95 Å². The molecule has 0 bridgehead atoms. The van der Waals surface area contributed by atoms with E-state index >= 15 is 0 Å². The van der Waals surface area contributed by atoms with Crippen LogP contribution in [0, 0.1) is 0 Å². The number of halogens is 1. The zero-order valence-electron chi connectivity index (χ0n) is 11.7. The van der Waals surface area contributed by atoms with E-state index in [-0.39, 0.29) is 5.38 Å². The van der Waals surface area contributed by atoms with Crippen LogP contribution in [0.1, 0.15) is 24.5 Å². The molecule has 110 valence electrons. The zero-order chi connectivity index (χ0) is 14.7. The number of alkyl halides is 1. The fraction of sp³-hybridized carbons (Fsp3) is 0.583. The van der Waals surface area contributed by atoms with Crippen LogP contribution in [0.2, 0.25) is 0 Å². The van der Waals surface area contributed by atoms with Gasteiger partial charge in [0.05, 0.1) is 12.5 Å². The first-order valence-corrected chi connectivity index (χ1v) is 8.40. The third-order valence-electron chi connectivity index (χ3n) is 2.89. The van der Waals surface area contributed by atoms with Crippen LogP contribution in [0.3, 0.4) is 0 Å². The molecule has 2 heterocycles. The van der Waals surface area contributed by atoms with Gasteiger partial charge in [0.1, 0.15) is 12.2 Å². The Labute approximate surface area is 125 Å². The zero-order valence-corrected chi connectivity index (χ0v) is 13.2. The Bertz CT molecular complexity index is 629. The Hall–Kier alpha value is -1.21. The van der Waals surface area contributed by atoms with Gasteiger partial charge >= 0.3 is 0 Å². The van der Waals surface area contributed by atoms with Crippen molar-refractivity contribution in [3.05, 3.63) is 12.2 Å². The number of hydrogen-bond donors (Lipinski definition) is 0. The quantitative estimate of drug-likeness (QED) is 0.761. The number of aromatic nitrogens is 4. The summed E-state index contributed by atoms with van der Waals surface area (Å²) in [5.74, 6) is 1.80. The molecule has 0 saturated carbocycles. The molecule has 0 amide bonds. The van der Waals surface area contributed by atoms with Crippen molar-refractivity contribution in [2.24, 2.45) is 0 Å². The van der Waals surface area contributed by atoms with E-state index in [9.17, 15) is 4.21 Å². The smallest absolute Gasteiger partial charge is 0.245 e. The number of rotatable bonds is 6. The molecule has 0 aliphatic rings. The predicted molar refractivity (Wildman–Crippen MR) is 79.7 cm³/mol. The summed E-state index contributed by atoms with van der Waals surface area (Å²) < 4.78 is 18.3. The lowest BCUT2D eigenvalue weighted by atomic mass is 10.4. The van der Waals surface area contributed by atoms with Gasteiger partial charge in [-0.15, -0.1) is 11.6 Å². The first-order chi connectivity index (χ1) is 9.54. The number of imidazole rings is 1. The molecule has 2 unspecified atom stereocenters. The highest BCUT2D eigenvalue weighted by molar-refractivity contribution is 7.84. The van der Waals surface area contributed by atoms with Crippen LogP contribution in [-0.4, -0.2) is 42.8 Å². The predicted octanol–water partition coefficient (Wildman–Crippen LogP) is 1.90. The Morgan fingerprint density at radius 2 is 2.25 bits per heavy atom. The highest BCUT2D eigenvalue weighted by Crippen LogP contribution is 2.27. The largest absolute Gasteiger partial charge is 0.479 e. The van der Waals surface area contributed by atoms with Gasteiger partial charge < -0.3 is 9.30 Å². The van der Waals surface area contributed by atoms with Gasteiger partial charge in [-0.05, 0) is 13.3 Å². The average molecular weight is 317 g/mol. The molecule has 2 aromatic heterocycles. The van der Waals surface area contributed by atoms with Gasteiger partial charge in [-0.1, -0.05) is 0 Å². The average Bonchev–Trinajstić information content (AvgIpc) is 2.77. The highest BCUT2D eigenvalue weighted by Gasteiger charge is 2.19. The minimum Gasteiger partial charge on any atom is -0.479 e. The summed E-state index contributed by atoms with van der Waals surface area (Å²) in [6.07, 6.45) is 3.92. The van der Waals surface area contributed by atoms with Crippen LogP contribution in [0.25, 0.3) is 11.2 Å². The van der Waals surface area contributed by atoms with Crippen molar-refractivity contribution >= 4 is 33.6 Å². The Kier molecular flexibility index (Phi) is 4.93. The maximum Gasteiger partial charge on any atom is 0.245 e. The van der Waals surface area contributed by atoms with Gasteiger partial charge in [0, 0.05) is 29.4 Å². The van der Waals surface area contributed by atoms with Crippen molar-refractivity contribution in [3.8, 4) is 5.88 Å². The van der Waals surface area contributed by atoms with Crippen LogP contribution >= 0.6 is 11.6 Å². The molecule has 0 fully saturated rings. The molecule has 0 aromatic carbocycles. The molecule has 2 aromatic rings. The van der Waals surface area contributed by atoms with Crippen molar-refractivity contribution in [3.63, 3.8) is 0 Å². The molecule has 0 aliphatic carbocycles. The summed E-state index contributed by atoms with van der Waals surface area (Å²) in [6.45, 7) is 2.53. The topological polar surface area (TPSA) is 69.9 Å². The molecule has 20 heavy (non-hydrogen) atoms. The molecule has 6 nitrogen and oxygen atoms in total. The second kappa shape index (κ2) is 6.49. The summed E-state index contributed by atoms with van der Waals surface area (Å²) in [4.78, 5) is 12.8. The number of hydrogen-bond acceptors (Lipinski definition) is 5. The van der Waals surface area contributed by atoms with Gasteiger partial charge in [0.25, 0.3) is 0 Å². The summed E-state index contributed by atoms with van der Waals surface area (Å²) in [7, 11) is 0.738. The molecule has 0 aliphatic heterocycles. The fourth-order valence-corrected chi connectivity index (χ4v) is 2.73.